The van der Waals surface area contributed by atoms with E-state index in [1.807, 2.05) is 0 Å². The molecule has 1 amide bonds. The Morgan fingerprint density at radius 3 is 3.06 bits per heavy atom. The molecule has 0 aromatic carbocycles. The Morgan fingerprint density at radius 2 is 2.44 bits per heavy atom. The standard InChI is InChI=1S/C8H12N4O4/c1-3(13)10-6-7(14)5(11-12-9)4-2-15-8(6)16-4/h4-8,14H,2H2,1H3,(H,10,13)/t4?,5?,6?,7?,8-/m1/s1. The van der Waals surface area contributed by atoms with Gasteiger partial charge in [0, 0.05) is 11.8 Å². The van der Waals surface area contributed by atoms with Gasteiger partial charge in [0.15, 0.2) is 6.29 Å². The number of azide groups is 1. The van der Waals surface area contributed by atoms with Gasteiger partial charge in [0.2, 0.25) is 5.91 Å². The van der Waals surface area contributed by atoms with Gasteiger partial charge in [0.05, 0.1) is 24.9 Å². The largest absolute Gasteiger partial charge is 0.390 e. The third-order valence-electron chi connectivity index (χ3n) is 2.68. The molecule has 2 N–H and O–H groups in total. The third-order valence-corrected chi connectivity index (χ3v) is 2.68. The average molecular weight is 228 g/mol. The van der Waals surface area contributed by atoms with Crippen LogP contribution in [0.4, 0.5) is 0 Å². The molecule has 8 nitrogen and oxygen atoms in total. The number of carbonyl (C=O) groups is 1. The summed E-state index contributed by atoms with van der Waals surface area (Å²) in [5, 5.41) is 16.0. The first-order valence-corrected chi connectivity index (χ1v) is 4.90. The molecule has 0 spiro atoms. The van der Waals surface area contributed by atoms with Crippen molar-refractivity contribution in [1.29, 1.82) is 0 Å². The topological polar surface area (TPSA) is 117 Å². The normalized spacial score (nSPS) is 41.2. The van der Waals surface area contributed by atoms with Gasteiger partial charge in [-0.2, -0.15) is 0 Å². The predicted octanol–water partition coefficient (Wildman–Crippen LogP) is -0.714. The molecule has 4 unspecified atom stereocenters. The highest BCUT2D eigenvalue weighted by Gasteiger charge is 2.50. The summed E-state index contributed by atoms with van der Waals surface area (Å²) in [6.45, 7) is 1.58. The lowest BCUT2D eigenvalue weighted by atomic mass is 9.97. The summed E-state index contributed by atoms with van der Waals surface area (Å²) in [6.07, 6.45) is -2.11. The summed E-state index contributed by atoms with van der Waals surface area (Å²) in [5.74, 6) is -0.304. The van der Waals surface area contributed by atoms with Gasteiger partial charge in [0.25, 0.3) is 0 Å². The number of nitrogens with one attached hydrogen (secondary N) is 1. The maximum atomic E-state index is 11.0. The van der Waals surface area contributed by atoms with Crippen LogP contribution in [0.15, 0.2) is 5.11 Å². The highest BCUT2D eigenvalue weighted by molar-refractivity contribution is 5.73. The Hall–Kier alpha value is -1.34. The molecule has 16 heavy (non-hydrogen) atoms. The molecule has 5 atom stereocenters. The molecule has 0 radical (unpaired) electrons. The Bertz CT molecular complexity index is 343. The lowest BCUT2D eigenvalue weighted by Crippen LogP contribution is -2.59. The van der Waals surface area contributed by atoms with Gasteiger partial charge < -0.3 is 19.9 Å². The van der Waals surface area contributed by atoms with Crippen molar-refractivity contribution in [2.24, 2.45) is 5.11 Å². The zero-order valence-corrected chi connectivity index (χ0v) is 8.61. The lowest BCUT2D eigenvalue weighted by Gasteiger charge is -2.36. The van der Waals surface area contributed by atoms with E-state index >= 15 is 0 Å². The van der Waals surface area contributed by atoms with Crippen LogP contribution in [0.2, 0.25) is 0 Å². The van der Waals surface area contributed by atoms with Crippen molar-refractivity contribution in [1.82, 2.24) is 5.32 Å². The Kier molecular flexibility index (Phi) is 2.97. The van der Waals surface area contributed by atoms with Crippen LogP contribution in [0.5, 0.6) is 0 Å². The minimum atomic E-state index is -0.994. The molecule has 2 rings (SSSR count). The Morgan fingerprint density at radius 1 is 1.69 bits per heavy atom. The molecular formula is C8H12N4O4. The van der Waals surface area contributed by atoms with Crippen LogP contribution < -0.4 is 5.32 Å². The molecule has 2 bridgehead atoms. The minimum absolute atomic E-state index is 0.251. The number of carbonyl (C=O) groups excluding carboxylic acids is 1. The number of rotatable bonds is 2. The van der Waals surface area contributed by atoms with Gasteiger partial charge in [-0.05, 0) is 5.53 Å². The van der Waals surface area contributed by atoms with Gasteiger partial charge in [-0.25, -0.2) is 0 Å². The Balaban J connectivity index is 2.18. The predicted molar refractivity (Wildman–Crippen MR) is 51.2 cm³/mol. The highest BCUT2D eigenvalue weighted by Crippen LogP contribution is 2.30. The molecule has 0 aromatic rings. The molecule has 0 aliphatic carbocycles. The first-order chi connectivity index (χ1) is 7.63. The van der Waals surface area contributed by atoms with E-state index in [1.165, 1.54) is 6.92 Å². The van der Waals surface area contributed by atoms with Crippen molar-refractivity contribution < 1.29 is 19.4 Å². The molecule has 0 saturated carbocycles. The molecule has 0 aromatic heterocycles. The van der Waals surface area contributed by atoms with Crippen LogP contribution in [0.25, 0.3) is 10.4 Å². The van der Waals surface area contributed by atoms with E-state index in [2.05, 4.69) is 15.3 Å². The van der Waals surface area contributed by atoms with Crippen molar-refractivity contribution in [2.75, 3.05) is 6.61 Å². The molecule has 2 aliphatic rings. The van der Waals surface area contributed by atoms with Crippen LogP contribution in [0, 0.1) is 0 Å². The molecule has 2 fully saturated rings. The van der Waals surface area contributed by atoms with E-state index in [9.17, 15) is 9.90 Å². The van der Waals surface area contributed by atoms with Gasteiger partial charge in [0.1, 0.15) is 6.04 Å². The average Bonchev–Trinajstić information content (AvgIpc) is 2.65. The maximum Gasteiger partial charge on any atom is 0.217 e. The zero-order valence-electron chi connectivity index (χ0n) is 8.61. The van der Waals surface area contributed by atoms with E-state index in [4.69, 9.17) is 15.0 Å². The SMILES string of the molecule is CC(=O)NC1C(O)C(N=[N+]=[N-])C2CO[C@@H]1O2. The number of hydrogen-bond acceptors (Lipinski definition) is 5. The lowest BCUT2D eigenvalue weighted by molar-refractivity contribution is -0.154. The number of aliphatic hydroxyl groups excluding tert-OH is 1. The van der Waals surface area contributed by atoms with Crippen LogP contribution in [0.1, 0.15) is 6.92 Å². The summed E-state index contributed by atoms with van der Waals surface area (Å²) < 4.78 is 10.6. The summed E-state index contributed by atoms with van der Waals surface area (Å²) in [6, 6.07) is -1.44. The molecule has 2 saturated heterocycles. The van der Waals surface area contributed by atoms with E-state index in [1.54, 1.807) is 0 Å². The summed E-state index contributed by atoms with van der Waals surface area (Å²) >= 11 is 0. The molecular weight excluding hydrogens is 216 g/mol. The van der Waals surface area contributed by atoms with Crippen LogP contribution in [-0.2, 0) is 14.3 Å². The number of aliphatic hydroxyl groups is 1. The van der Waals surface area contributed by atoms with E-state index in [0.29, 0.717) is 0 Å². The number of nitrogens with zero attached hydrogens (tertiary/aromatic N) is 3. The summed E-state index contributed by atoms with van der Waals surface area (Å²) in [7, 11) is 0. The molecule has 88 valence electrons. The van der Waals surface area contributed by atoms with Crippen molar-refractivity contribution in [2.45, 2.75) is 37.5 Å². The van der Waals surface area contributed by atoms with Crippen molar-refractivity contribution >= 4 is 5.91 Å². The monoisotopic (exact) mass is 228 g/mol. The van der Waals surface area contributed by atoms with Gasteiger partial charge in [-0.1, -0.05) is 5.11 Å². The summed E-state index contributed by atoms with van der Waals surface area (Å²) in [5.41, 5.74) is 8.39. The first-order valence-electron chi connectivity index (χ1n) is 4.90. The van der Waals surface area contributed by atoms with E-state index < -0.39 is 30.6 Å². The van der Waals surface area contributed by atoms with Gasteiger partial charge >= 0.3 is 0 Å². The van der Waals surface area contributed by atoms with Crippen molar-refractivity contribution in [3.63, 3.8) is 0 Å². The maximum absolute atomic E-state index is 11.0. The number of amides is 1. The van der Waals surface area contributed by atoms with E-state index in [0.717, 1.165) is 0 Å². The van der Waals surface area contributed by atoms with Crippen LogP contribution in [-0.4, -0.2) is 48.2 Å². The van der Waals surface area contributed by atoms with Crippen LogP contribution >= 0.6 is 0 Å². The first kappa shape index (κ1) is 11.2. The highest BCUT2D eigenvalue weighted by atomic mass is 16.7. The third kappa shape index (κ3) is 1.83. The smallest absolute Gasteiger partial charge is 0.217 e. The number of ether oxygens (including phenoxy) is 2. The number of hydrogen-bond donors (Lipinski definition) is 2. The van der Waals surface area contributed by atoms with Crippen LogP contribution in [0.3, 0.4) is 0 Å². The van der Waals surface area contributed by atoms with Crippen molar-refractivity contribution in [3.05, 3.63) is 10.4 Å². The van der Waals surface area contributed by atoms with Crippen molar-refractivity contribution in [3.8, 4) is 0 Å². The molecule has 2 heterocycles. The van der Waals surface area contributed by atoms with Gasteiger partial charge in [-0.3, -0.25) is 4.79 Å². The number of fused-ring (bicyclic) bond motifs is 2. The quantitative estimate of drug-likeness (QED) is 0.368. The summed E-state index contributed by atoms with van der Waals surface area (Å²) in [4.78, 5) is 13.6. The minimum Gasteiger partial charge on any atom is -0.390 e. The fourth-order valence-corrected chi connectivity index (χ4v) is 1.99. The second kappa shape index (κ2) is 4.26. The molecule has 2 aliphatic heterocycles. The second-order valence-electron chi connectivity index (χ2n) is 3.79. The zero-order chi connectivity index (χ0) is 11.7. The molecule has 8 heteroatoms. The fourth-order valence-electron chi connectivity index (χ4n) is 1.99. The van der Waals surface area contributed by atoms with E-state index in [-0.39, 0.29) is 12.5 Å². The Labute approximate surface area is 91.1 Å². The van der Waals surface area contributed by atoms with Gasteiger partial charge in [-0.15, -0.1) is 0 Å². The second-order valence-corrected chi connectivity index (χ2v) is 3.79. The fraction of sp³-hybridized carbons (Fsp3) is 0.875.